The van der Waals surface area contributed by atoms with Crippen molar-refractivity contribution in [1.29, 1.82) is 0 Å². The smallest absolute Gasteiger partial charge is 0.0948 e. The zero-order chi connectivity index (χ0) is 14.8. The lowest BCUT2D eigenvalue weighted by atomic mass is 9.80. The first-order valence-corrected chi connectivity index (χ1v) is 7.84. The van der Waals surface area contributed by atoms with Gasteiger partial charge >= 0.3 is 0 Å². The number of nitrogens with zero attached hydrogens (tertiary/aromatic N) is 3. The average Bonchev–Trinajstić information content (AvgIpc) is 2.82. The molecule has 0 saturated carbocycles. The molecule has 4 nitrogen and oxygen atoms in total. The highest BCUT2D eigenvalue weighted by molar-refractivity contribution is 5.09. The van der Waals surface area contributed by atoms with E-state index >= 15 is 0 Å². The van der Waals surface area contributed by atoms with E-state index in [4.69, 9.17) is 5.73 Å². The molecule has 4 heteroatoms. The lowest BCUT2D eigenvalue weighted by Crippen LogP contribution is -2.39. The maximum Gasteiger partial charge on any atom is 0.0948 e. The van der Waals surface area contributed by atoms with Gasteiger partial charge in [0.05, 0.1) is 6.33 Å². The van der Waals surface area contributed by atoms with Crippen LogP contribution in [0.3, 0.4) is 0 Å². The van der Waals surface area contributed by atoms with E-state index in [0.29, 0.717) is 23.8 Å². The molecular weight excluding hydrogens is 248 g/mol. The Balaban J connectivity index is 2.12. The van der Waals surface area contributed by atoms with Gasteiger partial charge in [-0.2, -0.15) is 0 Å². The standard InChI is InChI=1S/C16H30N4/c1-13(2)14(9-17)15-10-18-12-20(15)11-16(3)5-7-19(4)8-6-16/h10,12-14H,5-9,11,17H2,1-4H3. The van der Waals surface area contributed by atoms with Crippen molar-refractivity contribution in [1.82, 2.24) is 14.5 Å². The van der Waals surface area contributed by atoms with E-state index < -0.39 is 0 Å². The first-order valence-electron chi connectivity index (χ1n) is 7.84. The summed E-state index contributed by atoms with van der Waals surface area (Å²) < 4.78 is 2.35. The highest BCUT2D eigenvalue weighted by Gasteiger charge is 2.30. The Morgan fingerprint density at radius 2 is 2.00 bits per heavy atom. The van der Waals surface area contributed by atoms with Crippen molar-refractivity contribution in [2.24, 2.45) is 17.1 Å². The predicted octanol–water partition coefficient (Wildman–Crippen LogP) is 2.31. The van der Waals surface area contributed by atoms with Crippen LogP contribution in [0.15, 0.2) is 12.5 Å². The fraction of sp³-hybridized carbons (Fsp3) is 0.812. The summed E-state index contributed by atoms with van der Waals surface area (Å²) in [6.45, 7) is 11.1. The van der Waals surface area contributed by atoms with Crippen LogP contribution in [0.4, 0.5) is 0 Å². The third-order valence-electron chi connectivity index (χ3n) is 4.93. The molecule has 1 unspecified atom stereocenters. The molecule has 0 radical (unpaired) electrons. The Morgan fingerprint density at radius 1 is 1.35 bits per heavy atom. The number of rotatable bonds is 5. The average molecular weight is 278 g/mol. The van der Waals surface area contributed by atoms with Crippen molar-refractivity contribution in [3.63, 3.8) is 0 Å². The van der Waals surface area contributed by atoms with Crippen LogP contribution in [0, 0.1) is 11.3 Å². The van der Waals surface area contributed by atoms with E-state index in [1.54, 1.807) is 0 Å². The molecule has 0 spiro atoms. The van der Waals surface area contributed by atoms with Gasteiger partial charge in [0.2, 0.25) is 0 Å². The number of aromatic nitrogens is 2. The summed E-state index contributed by atoms with van der Waals surface area (Å²) in [5.41, 5.74) is 7.67. The van der Waals surface area contributed by atoms with Crippen LogP contribution in [-0.4, -0.2) is 41.1 Å². The lowest BCUT2D eigenvalue weighted by molar-refractivity contribution is 0.119. The highest BCUT2D eigenvalue weighted by Crippen LogP contribution is 2.34. The van der Waals surface area contributed by atoms with E-state index in [-0.39, 0.29) is 0 Å². The van der Waals surface area contributed by atoms with Crippen molar-refractivity contribution in [2.75, 3.05) is 26.7 Å². The molecule has 1 aromatic rings. The first-order chi connectivity index (χ1) is 9.45. The quantitative estimate of drug-likeness (QED) is 0.899. The number of likely N-dealkylation sites (tertiary alicyclic amines) is 1. The molecule has 1 aromatic heterocycles. The van der Waals surface area contributed by atoms with Crippen LogP contribution in [0.25, 0.3) is 0 Å². The van der Waals surface area contributed by atoms with E-state index in [0.717, 1.165) is 6.54 Å². The summed E-state index contributed by atoms with van der Waals surface area (Å²) in [7, 11) is 2.21. The number of nitrogens with two attached hydrogens (primary N) is 1. The second kappa shape index (κ2) is 6.27. The molecule has 1 atom stereocenters. The summed E-state index contributed by atoms with van der Waals surface area (Å²) in [5, 5.41) is 0. The van der Waals surface area contributed by atoms with E-state index in [2.05, 4.69) is 42.3 Å². The van der Waals surface area contributed by atoms with Gasteiger partial charge in [0, 0.05) is 30.9 Å². The molecule has 2 N–H and O–H groups in total. The molecule has 114 valence electrons. The molecule has 1 saturated heterocycles. The minimum absolute atomic E-state index is 0.387. The first kappa shape index (κ1) is 15.5. The van der Waals surface area contributed by atoms with Crippen LogP contribution in [0.1, 0.15) is 45.2 Å². The maximum atomic E-state index is 5.97. The Morgan fingerprint density at radius 3 is 2.55 bits per heavy atom. The van der Waals surface area contributed by atoms with Gasteiger partial charge in [0.15, 0.2) is 0 Å². The van der Waals surface area contributed by atoms with Gasteiger partial charge in [0.1, 0.15) is 0 Å². The van der Waals surface area contributed by atoms with Crippen LogP contribution >= 0.6 is 0 Å². The summed E-state index contributed by atoms with van der Waals surface area (Å²) in [4.78, 5) is 6.81. The fourth-order valence-corrected chi connectivity index (χ4v) is 3.23. The molecule has 1 fully saturated rings. The molecule has 2 rings (SSSR count). The molecular formula is C16H30N4. The largest absolute Gasteiger partial charge is 0.334 e. The van der Waals surface area contributed by atoms with Gasteiger partial charge in [-0.25, -0.2) is 4.98 Å². The molecule has 0 aromatic carbocycles. The van der Waals surface area contributed by atoms with Crippen LogP contribution < -0.4 is 5.73 Å². The molecule has 20 heavy (non-hydrogen) atoms. The van der Waals surface area contributed by atoms with Gasteiger partial charge < -0.3 is 15.2 Å². The summed E-state index contributed by atoms with van der Waals surface area (Å²) in [5.74, 6) is 0.966. The third-order valence-corrected chi connectivity index (χ3v) is 4.93. The van der Waals surface area contributed by atoms with Crippen molar-refractivity contribution in [2.45, 2.75) is 46.1 Å². The van der Waals surface area contributed by atoms with Gasteiger partial charge in [0.25, 0.3) is 0 Å². The number of hydrogen-bond donors (Lipinski definition) is 1. The molecule has 0 bridgehead atoms. The Hall–Kier alpha value is -0.870. The Kier molecular flexibility index (Phi) is 4.86. The van der Waals surface area contributed by atoms with Gasteiger partial charge in [-0.3, -0.25) is 0 Å². The fourth-order valence-electron chi connectivity index (χ4n) is 3.23. The van der Waals surface area contributed by atoms with Crippen molar-refractivity contribution >= 4 is 0 Å². The van der Waals surface area contributed by atoms with Gasteiger partial charge in [-0.05, 0) is 44.3 Å². The van der Waals surface area contributed by atoms with Crippen molar-refractivity contribution in [3.05, 3.63) is 18.2 Å². The monoisotopic (exact) mass is 278 g/mol. The van der Waals surface area contributed by atoms with E-state index in [9.17, 15) is 0 Å². The molecule has 0 aliphatic carbocycles. The van der Waals surface area contributed by atoms with E-state index in [1.165, 1.54) is 31.6 Å². The second-order valence-corrected chi connectivity index (χ2v) is 7.15. The van der Waals surface area contributed by atoms with E-state index in [1.807, 2.05) is 12.5 Å². The zero-order valence-electron chi connectivity index (χ0n) is 13.5. The lowest BCUT2D eigenvalue weighted by Gasteiger charge is -2.38. The molecule has 0 amide bonds. The van der Waals surface area contributed by atoms with Gasteiger partial charge in [-0.15, -0.1) is 0 Å². The molecule has 1 aliphatic rings. The minimum atomic E-state index is 0.387. The Bertz CT molecular complexity index is 416. The molecule has 2 heterocycles. The normalized spacial score (nSPS) is 21.3. The Labute approximate surface area is 123 Å². The van der Waals surface area contributed by atoms with Crippen LogP contribution in [0.2, 0.25) is 0 Å². The number of imidazole rings is 1. The number of piperidine rings is 1. The third kappa shape index (κ3) is 3.41. The van der Waals surface area contributed by atoms with Crippen molar-refractivity contribution in [3.8, 4) is 0 Å². The van der Waals surface area contributed by atoms with Crippen LogP contribution in [-0.2, 0) is 6.54 Å². The summed E-state index contributed by atoms with van der Waals surface area (Å²) >= 11 is 0. The SMILES string of the molecule is CC(C)C(CN)c1cncn1CC1(C)CCN(C)CC1. The summed E-state index contributed by atoms with van der Waals surface area (Å²) in [6, 6.07) is 0. The maximum absolute atomic E-state index is 5.97. The van der Waals surface area contributed by atoms with Crippen LogP contribution in [0.5, 0.6) is 0 Å². The predicted molar refractivity (Wildman–Crippen MR) is 83.7 cm³/mol. The minimum Gasteiger partial charge on any atom is -0.334 e. The van der Waals surface area contributed by atoms with Gasteiger partial charge in [-0.1, -0.05) is 20.8 Å². The zero-order valence-corrected chi connectivity index (χ0v) is 13.5. The van der Waals surface area contributed by atoms with Crippen molar-refractivity contribution < 1.29 is 0 Å². The topological polar surface area (TPSA) is 47.1 Å². The highest BCUT2D eigenvalue weighted by atomic mass is 15.1. The second-order valence-electron chi connectivity index (χ2n) is 7.15. The summed E-state index contributed by atoms with van der Waals surface area (Å²) in [6.07, 6.45) is 6.52. The number of hydrogen-bond acceptors (Lipinski definition) is 3. The molecule has 1 aliphatic heterocycles.